The summed E-state index contributed by atoms with van der Waals surface area (Å²) in [5.74, 6) is 1.82. The zero-order valence-corrected chi connectivity index (χ0v) is 15.6. The Kier molecular flexibility index (Phi) is 8.35. The number of methoxy groups -OCH3 is 2. The molecule has 0 atom stereocenters. The van der Waals surface area contributed by atoms with Crippen molar-refractivity contribution in [2.24, 2.45) is 0 Å². The average Bonchev–Trinajstić information content (AvgIpc) is 2.55. The van der Waals surface area contributed by atoms with Gasteiger partial charge in [0.15, 0.2) is 0 Å². The monoisotopic (exact) mass is 338 g/mol. The molecule has 6 heteroatoms. The van der Waals surface area contributed by atoms with Crippen molar-refractivity contribution < 1.29 is 37.9 Å². The van der Waals surface area contributed by atoms with E-state index in [1.807, 2.05) is 38.1 Å². The minimum atomic E-state index is -0.0724. The Bertz CT molecular complexity index is 649. The van der Waals surface area contributed by atoms with Crippen molar-refractivity contribution in [1.82, 2.24) is 0 Å². The van der Waals surface area contributed by atoms with Crippen molar-refractivity contribution in [3.05, 3.63) is 48.0 Å². The molecule has 4 nitrogen and oxygen atoms in total. The van der Waals surface area contributed by atoms with Crippen LogP contribution in [0, 0.1) is 0 Å². The number of benzene rings is 2. The largest absolute Gasteiger partial charge is 1.00 e. The number of ether oxygens (including phenoxy) is 3. The van der Waals surface area contributed by atoms with Crippen molar-refractivity contribution in [2.75, 3.05) is 14.2 Å². The minimum absolute atomic E-state index is 0. The van der Waals surface area contributed by atoms with Crippen LogP contribution in [0.2, 0.25) is 0 Å². The van der Waals surface area contributed by atoms with Gasteiger partial charge in [-0.15, -0.1) is 0 Å². The van der Waals surface area contributed by atoms with Crippen LogP contribution in [0.4, 0.5) is 0 Å². The Balaban J connectivity index is 0.00000288. The molecular formula is C18H20LiO4P. The van der Waals surface area contributed by atoms with Crippen LogP contribution in [0.1, 0.15) is 24.2 Å². The summed E-state index contributed by atoms with van der Waals surface area (Å²) in [4.78, 5) is 12.6. The zero-order chi connectivity index (χ0) is 16.8. The van der Waals surface area contributed by atoms with E-state index in [1.54, 1.807) is 32.4 Å². The molecule has 0 aromatic heterocycles. The second kappa shape index (κ2) is 9.74. The SMILES string of the molecule is COc1cccc(OC)c1C(=O)[P-]c1ccc(OC(C)C)cc1.[Li+]. The molecule has 0 amide bonds. The van der Waals surface area contributed by atoms with Gasteiger partial charge < -0.3 is 27.6 Å². The van der Waals surface area contributed by atoms with E-state index in [4.69, 9.17) is 14.2 Å². The van der Waals surface area contributed by atoms with E-state index >= 15 is 0 Å². The summed E-state index contributed by atoms with van der Waals surface area (Å²) in [7, 11) is 3.64. The van der Waals surface area contributed by atoms with E-state index in [2.05, 4.69) is 0 Å². The topological polar surface area (TPSA) is 44.8 Å². The first-order valence-corrected chi connectivity index (χ1v) is 8.18. The second-order valence-electron chi connectivity index (χ2n) is 5.11. The predicted molar refractivity (Wildman–Crippen MR) is 92.6 cm³/mol. The molecule has 2 aromatic rings. The Morgan fingerprint density at radius 2 is 1.50 bits per heavy atom. The summed E-state index contributed by atoms with van der Waals surface area (Å²) in [6, 6.07) is 12.8. The molecule has 0 N–H and O–H groups in total. The van der Waals surface area contributed by atoms with Crippen molar-refractivity contribution in [1.29, 1.82) is 0 Å². The van der Waals surface area contributed by atoms with Crippen LogP contribution in [-0.2, 0) is 0 Å². The Hall–Kier alpha value is -1.46. The molecule has 0 saturated carbocycles. The number of hydrogen-bond donors (Lipinski definition) is 0. The summed E-state index contributed by atoms with van der Waals surface area (Å²) >= 11 is 0. The Morgan fingerprint density at radius 1 is 0.958 bits per heavy atom. The fraction of sp³-hybridized carbons (Fsp3) is 0.278. The van der Waals surface area contributed by atoms with E-state index < -0.39 is 0 Å². The molecule has 0 spiro atoms. The molecule has 2 aromatic carbocycles. The first-order valence-electron chi connectivity index (χ1n) is 7.29. The fourth-order valence-corrected chi connectivity index (χ4v) is 2.97. The van der Waals surface area contributed by atoms with Gasteiger partial charge in [0, 0.05) is 5.52 Å². The van der Waals surface area contributed by atoms with Gasteiger partial charge in [-0.2, -0.15) is 5.30 Å². The Labute approximate surface area is 156 Å². The second-order valence-corrected chi connectivity index (χ2v) is 6.26. The van der Waals surface area contributed by atoms with Crippen LogP contribution in [0.15, 0.2) is 42.5 Å². The number of carbonyl (C=O) groups is 1. The summed E-state index contributed by atoms with van der Waals surface area (Å²) in [6.07, 6.45) is 0.123. The molecule has 0 aliphatic carbocycles. The fourth-order valence-electron chi connectivity index (χ4n) is 2.11. The van der Waals surface area contributed by atoms with Gasteiger partial charge in [0.05, 0.1) is 25.9 Å². The molecule has 2 rings (SSSR count). The first-order chi connectivity index (χ1) is 11.0. The van der Waals surface area contributed by atoms with Crippen LogP contribution in [-0.4, -0.2) is 25.8 Å². The molecule has 0 aliphatic heterocycles. The maximum absolute atomic E-state index is 12.6. The third kappa shape index (κ3) is 5.28. The van der Waals surface area contributed by atoms with E-state index in [0.717, 1.165) is 11.1 Å². The van der Waals surface area contributed by atoms with E-state index in [-0.39, 0.29) is 30.5 Å². The number of rotatable bonds is 7. The van der Waals surface area contributed by atoms with Gasteiger partial charge in [-0.25, -0.2) is 0 Å². The molecular weight excluding hydrogens is 318 g/mol. The van der Waals surface area contributed by atoms with Crippen molar-refractivity contribution in [2.45, 2.75) is 20.0 Å². The van der Waals surface area contributed by atoms with Gasteiger partial charge in [-0.05, 0) is 38.1 Å². The smallest absolute Gasteiger partial charge is 0.496 e. The van der Waals surface area contributed by atoms with Gasteiger partial charge in [0.25, 0.3) is 0 Å². The molecule has 0 radical (unpaired) electrons. The van der Waals surface area contributed by atoms with E-state index in [1.165, 1.54) is 0 Å². The molecule has 0 unspecified atom stereocenters. The summed E-state index contributed by atoms with van der Waals surface area (Å²) in [5, 5.41) is 0.888. The maximum atomic E-state index is 12.6. The van der Waals surface area contributed by atoms with Crippen LogP contribution in [0.25, 0.3) is 0 Å². The van der Waals surface area contributed by atoms with Gasteiger partial charge >= 0.3 is 18.9 Å². The summed E-state index contributed by atoms with van der Waals surface area (Å²) in [6.45, 7) is 3.95. The predicted octanol–water partition coefficient (Wildman–Crippen LogP) is 0.907. The van der Waals surface area contributed by atoms with Crippen LogP contribution in [0.3, 0.4) is 0 Å². The number of hydrogen-bond acceptors (Lipinski definition) is 4. The molecule has 0 bridgehead atoms. The molecule has 0 heterocycles. The molecule has 0 saturated heterocycles. The summed E-state index contributed by atoms with van der Waals surface area (Å²) in [5.41, 5.74) is 0.388. The van der Waals surface area contributed by atoms with Gasteiger partial charge in [0.1, 0.15) is 17.2 Å². The molecule has 24 heavy (non-hydrogen) atoms. The van der Waals surface area contributed by atoms with Crippen molar-refractivity contribution in [3.63, 3.8) is 0 Å². The minimum Gasteiger partial charge on any atom is -0.496 e. The standard InChI is InChI=1S/C18H20O4P.Li/c1-12(2)22-13-8-10-14(11-9-13)23-18(19)17-15(20-3)6-5-7-16(17)21-4;/h5-12H,1-4H3;/q-1;+1. The van der Waals surface area contributed by atoms with Crippen LogP contribution >= 0.6 is 8.58 Å². The maximum Gasteiger partial charge on any atom is 1.00 e. The van der Waals surface area contributed by atoms with Crippen LogP contribution < -0.4 is 38.4 Å². The van der Waals surface area contributed by atoms with Crippen LogP contribution in [0.5, 0.6) is 17.2 Å². The Morgan fingerprint density at radius 3 is 1.96 bits per heavy atom. The van der Waals surface area contributed by atoms with Gasteiger partial charge in [-0.1, -0.05) is 18.2 Å². The summed E-state index contributed by atoms with van der Waals surface area (Å²) < 4.78 is 16.2. The normalized spacial score (nSPS) is 10.5. The third-order valence-corrected chi connectivity index (χ3v) is 4.06. The van der Waals surface area contributed by atoms with Gasteiger partial charge in [-0.3, -0.25) is 0 Å². The molecule has 0 fully saturated rings. The van der Waals surface area contributed by atoms with E-state index in [0.29, 0.717) is 25.6 Å². The molecule has 0 aliphatic rings. The van der Waals surface area contributed by atoms with E-state index in [9.17, 15) is 4.79 Å². The first kappa shape index (κ1) is 20.6. The number of carbonyl (C=O) groups excluding carboxylic acids is 1. The quantitative estimate of drug-likeness (QED) is 0.556. The zero-order valence-electron chi connectivity index (χ0n) is 14.7. The third-order valence-electron chi connectivity index (χ3n) is 3.08. The average molecular weight is 338 g/mol. The molecule has 122 valence electrons. The van der Waals surface area contributed by atoms with Gasteiger partial charge in [0.2, 0.25) is 0 Å². The van der Waals surface area contributed by atoms with Crippen molar-refractivity contribution in [3.8, 4) is 17.2 Å². The van der Waals surface area contributed by atoms with Crippen molar-refractivity contribution >= 4 is 19.4 Å².